The Hall–Kier alpha value is -4.21. The van der Waals surface area contributed by atoms with Crippen molar-refractivity contribution in [3.63, 3.8) is 0 Å². The molecular formula is C27H24ClN5O3S. The molecule has 0 aliphatic rings. The van der Waals surface area contributed by atoms with Gasteiger partial charge in [-0.25, -0.2) is 0 Å². The molecule has 4 aromatic rings. The predicted molar refractivity (Wildman–Crippen MR) is 146 cm³/mol. The first kappa shape index (κ1) is 25.9. The zero-order chi connectivity index (χ0) is 26.5. The normalized spacial score (nSPS) is 11.5. The highest BCUT2D eigenvalue weighted by Crippen LogP contribution is 2.33. The quantitative estimate of drug-likeness (QED) is 0.307. The first-order valence-electron chi connectivity index (χ1n) is 11.3. The average molecular weight is 534 g/mol. The van der Waals surface area contributed by atoms with Crippen molar-refractivity contribution in [1.29, 1.82) is 0 Å². The number of halogens is 1. The zero-order valence-electron chi connectivity index (χ0n) is 19.9. The Morgan fingerprint density at radius 2 is 1.65 bits per heavy atom. The largest absolute Gasteiger partial charge is 0.395 e. The van der Waals surface area contributed by atoms with Gasteiger partial charge in [-0.3, -0.25) is 19.3 Å². The van der Waals surface area contributed by atoms with Crippen molar-refractivity contribution in [3.8, 4) is 0 Å². The van der Waals surface area contributed by atoms with Gasteiger partial charge in [-0.1, -0.05) is 71.8 Å². The van der Waals surface area contributed by atoms with E-state index in [-0.39, 0.29) is 22.8 Å². The lowest BCUT2D eigenvalue weighted by atomic mass is 10.0. The summed E-state index contributed by atoms with van der Waals surface area (Å²) >= 11 is 6.87. The van der Waals surface area contributed by atoms with Crippen LogP contribution in [0.5, 0.6) is 0 Å². The number of aryl methyl sites for hydroxylation is 1. The van der Waals surface area contributed by atoms with Gasteiger partial charge in [0.1, 0.15) is 10.9 Å². The molecular weight excluding hydrogens is 510 g/mol. The van der Waals surface area contributed by atoms with Gasteiger partial charge in [-0.15, -0.1) is 0 Å². The Morgan fingerprint density at radius 1 is 1.00 bits per heavy atom. The van der Waals surface area contributed by atoms with Gasteiger partial charge in [0.2, 0.25) is 5.91 Å². The SMILES string of the molecule is Cc1ccc(N(C(=O)c2snc(C(N)=O)c2N)C(C(=O)NCc2ccccc2)c2ccc(Cl)cc2)cc1. The number of carbonyl (C=O) groups excluding carboxylic acids is 3. The smallest absolute Gasteiger partial charge is 0.273 e. The van der Waals surface area contributed by atoms with Crippen LogP contribution < -0.4 is 21.7 Å². The van der Waals surface area contributed by atoms with Crippen molar-refractivity contribution in [1.82, 2.24) is 9.69 Å². The van der Waals surface area contributed by atoms with Gasteiger partial charge < -0.3 is 16.8 Å². The van der Waals surface area contributed by atoms with E-state index in [1.165, 1.54) is 4.90 Å². The van der Waals surface area contributed by atoms with E-state index in [2.05, 4.69) is 9.69 Å². The summed E-state index contributed by atoms with van der Waals surface area (Å²) in [5.41, 5.74) is 14.0. The van der Waals surface area contributed by atoms with Crippen LogP contribution in [0.1, 0.15) is 42.9 Å². The number of nitrogen functional groups attached to an aromatic ring is 1. The van der Waals surface area contributed by atoms with Gasteiger partial charge in [0, 0.05) is 17.3 Å². The van der Waals surface area contributed by atoms with E-state index in [1.807, 2.05) is 49.4 Å². The van der Waals surface area contributed by atoms with Gasteiger partial charge >= 0.3 is 0 Å². The minimum Gasteiger partial charge on any atom is -0.395 e. The third-order valence-electron chi connectivity index (χ3n) is 5.69. The molecule has 1 atom stereocenters. The van der Waals surface area contributed by atoms with Crippen molar-refractivity contribution in [2.75, 3.05) is 10.6 Å². The minimum atomic E-state index is -1.09. The number of aromatic nitrogens is 1. The predicted octanol–water partition coefficient (Wildman–Crippen LogP) is 4.49. The van der Waals surface area contributed by atoms with Gasteiger partial charge in [0.25, 0.3) is 11.8 Å². The number of amides is 3. The number of benzene rings is 3. The van der Waals surface area contributed by atoms with E-state index in [9.17, 15) is 14.4 Å². The number of nitrogens with two attached hydrogens (primary N) is 2. The van der Waals surface area contributed by atoms with Crippen LogP contribution in [0.4, 0.5) is 11.4 Å². The average Bonchev–Trinajstić information content (AvgIpc) is 3.29. The van der Waals surface area contributed by atoms with Crippen molar-refractivity contribution in [3.05, 3.63) is 111 Å². The molecule has 4 rings (SSSR count). The van der Waals surface area contributed by atoms with Crippen LogP contribution in [0, 0.1) is 6.92 Å². The summed E-state index contributed by atoms with van der Waals surface area (Å²) in [4.78, 5) is 40.9. The van der Waals surface area contributed by atoms with Gasteiger partial charge in [-0.2, -0.15) is 4.37 Å². The molecule has 0 aliphatic heterocycles. The summed E-state index contributed by atoms with van der Waals surface area (Å²) in [5.74, 6) is -1.86. The number of primary amides is 1. The van der Waals surface area contributed by atoms with E-state index in [4.69, 9.17) is 23.1 Å². The first-order valence-corrected chi connectivity index (χ1v) is 12.4. The number of anilines is 2. The van der Waals surface area contributed by atoms with Gasteiger partial charge in [-0.05, 0) is 53.8 Å². The molecule has 1 unspecified atom stereocenters. The molecule has 1 heterocycles. The lowest BCUT2D eigenvalue weighted by Gasteiger charge is -2.31. The molecule has 8 nitrogen and oxygen atoms in total. The second kappa shape index (κ2) is 11.2. The monoisotopic (exact) mass is 533 g/mol. The molecule has 0 saturated heterocycles. The van der Waals surface area contributed by atoms with Crippen LogP contribution in [-0.2, 0) is 11.3 Å². The van der Waals surface area contributed by atoms with Crippen LogP contribution in [0.3, 0.4) is 0 Å². The van der Waals surface area contributed by atoms with Crippen LogP contribution >= 0.6 is 23.1 Å². The van der Waals surface area contributed by atoms with Crippen LogP contribution in [-0.4, -0.2) is 22.1 Å². The number of nitrogens with zero attached hydrogens (tertiary/aromatic N) is 2. The van der Waals surface area contributed by atoms with E-state index in [1.54, 1.807) is 36.4 Å². The third kappa shape index (κ3) is 5.79. The molecule has 188 valence electrons. The van der Waals surface area contributed by atoms with E-state index >= 15 is 0 Å². The molecule has 0 saturated carbocycles. The van der Waals surface area contributed by atoms with Gasteiger partial charge in [0.05, 0.1) is 5.69 Å². The Balaban J connectivity index is 1.82. The van der Waals surface area contributed by atoms with Crippen molar-refractivity contribution < 1.29 is 14.4 Å². The maximum Gasteiger partial charge on any atom is 0.273 e. The van der Waals surface area contributed by atoms with Crippen molar-refractivity contribution in [2.45, 2.75) is 19.5 Å². The van der Waals surface area contributed by atoms with Crippen LogP contribution in [0.2, 0.25) is 5.02 Å². The summed E-state index contributed by atoms with van der Waals surface area (Å²) in [6.45, 7) is 2.17. The molecule has 0 fully saturated rings. The Morgan fingerprint density at radius 3 is 2.24 bits per heavy atom. The molecule has 0 radical (unpaired) electrons. The Labute approximate surface area is 223 Å². The molecule has 10 heteroatoms. The summed E-state index contributed by atoms with van der Waals surface area (Å²) in [6.07, 6.45) is 0. The molecule has 0 spiro atoms. The van der Waals surface area contributed by atoms with Gasteiger partial charge in [0.15, 0.2) is 5.69 Å². The second-order valence-corrected chi connectivity index (χ2v) is 9.52. The Kier molecular flexibility index (Phi) is 7.86. The molecule has 37 heavy (non-hydrogen) atoms. The highest BCUT2D eigenvalue weighted by Gasteiger charge is 2.36. The second-order valence-electron chi connectivity index (χ2n) is 8.31. The van der Waals surface area contributed by atoms with E-state index < -0.39 is 23.8 Å². The number of carbonyl (C=O) groups is 3. The minimum absolute atomic E-state index is 0.00389. The molecule has 3 amide bonds. The van der Waals surface area contributed by atoms with Crippen molar-refractivity contribution in [2.24, 2.45) is 5.73 Å². The standard InChI is InChI=1S/C27H24ClN5O3S/c1-16-7-13-20(14-8-16)33(27(36)24-21(29)22(25(30)34)32-37-24)23(18-9-11-19(28)12-10-18)26(35)31-15-17-5-3-2-4-6-17/h2-14,23H,15,29H2,1H3,(H2,30,34)(H,31,35). The highest BCUT2D eigenvalue weighted by molar-refractivity contribution is 7.09. The maximum absolute atomic E-state index is 14.0. The van der Waals surface area contributed by atoms with Crippen molar-refractivity contribution >= 4 is 52.2 Å². The maximum atomic E-state index is 14.0. The molecule has 3 aromatic carbocycles. The third-order valence-corrected chi connectivity index (χ3v) is 6.79. The number of nitrogens with one attached hydrogen (secondary N) is 1. The lowest BCUT2D eigenvalue weighted by molar-refractivity contribution is -0.122. The van der Waals surface area contributed by atoms with E-state index in [0.29, 0.717) is 16.3 Å². The van der Waals surface area contributed by atoms with Crippen LogP contribution in [0.15, 0.2) is 78.9 Å². The first-order chi connectivity index (χ1) is 17.8. The molecule has 5 N–H and O–H groups in total. The number of rotatable bonds is 8. The number of hydrogen-bond acceptors (Lipinski definition) is 6. The molecule has 0 aliphatic carbocycles. The highest BCUT2D eigenvalue weighted by atomic mass is 35.5. The fourth-order valence-electron chi connectivity index (χ4n) is 3.77. The fourth-order valence-corrected chi connectivity index (χ4v) is 4.64. The Bertz CT molecular complexity index is 1420. The lowest BCUT2D eigenvalue weighted by Crippen LogP contribution is -2.44. The molecule has 1 aromatic heterocycles. The summed E-state index contributed by atoms with van der Waals surface area (Å²) in [7, 11) is 0. The van der Waals surface area contributed by atoms with Crippen LogP contribution in [0.25, 0.3) is 0 Å². The summed E-state index contributed by atoms with van der Waals surface area (Å²) < 4.78 is 3.97. The zero-order valence-corrected chi connectivity index (χ0v) is 21.4. The number of hydrogen-bond donors (Lipinski definition) is 3. The van der Waals surface area contributed by atoms with E-state index in [0.717, 1.165) is 22.7 Å². The fraction of sp³-hybridized carbons (Fsp3) is 0.111. The molecule has 0 bridgehead atoms. The summed E-state index contributed by atoms with van der Waals surface area (Å²) in [5, 5.41) is 3.42. The summed E-state index contributed by atoms with van der Waals surface area (Å²) in [6, 6.07) is 22.2. The topological polar surface area (TPSA) is 131 Å².